The number of rotatable bonds is 7. The van der Waals surface area contributed by atoms with E-state index in [4.69, 9.17) is 4.74 Å². The van der Waals surface area contributed by atoms with E-state index in [1.54, 1.807) is 11.0 Å². The zero-order valence-electron chi connectivity index (χ0n) is 20.5. The number of amides is 1. The van der Waals surface area contributed by atoms with Crippen molar-refractivity contribution >= 4 is 23.1 Å². The van der Waals surface area contributed by atoms with Crippen molar-refractivity contribution in [3.63, 3.8) is 0 Å². The summed E-state index contributed by atoms with van der Waals surface area (Å²) in [4.78, 5) is 30.0. The number of likely N-dealkylation sites (N-methyl/N-ethyl adjacent to an activating group) is 1. The Morgan fingerprint density at radius 1 is 1.12 bits per heavy atom. The van der Waals surface area contributed by atoms with Gasteiger partial charge >= 0.3 is 0 Å². The summed E-state index contributed by atoms with van der Waals surface area (Å²) >= 11 is 0. The molecule has 0 bridgehead atoms. The van der Waals surface area contributed by atoms with E-state index in [1.165, 1.54) is 5.56 Å². The Labute approximate surface area is 201 Å². The molecule has 1 N–H and O–H groups in total. The second kappa shape index (κ2) is 9.92. The molecule has 0 spiro atoms. The summed E-state index contributed by atoms with van der Waals surface area (Å²) in [5.41, 5.74) is 3.53. The van der Waals surface area contributed by atoms with Crippen LogP contribution in [0.3, 0.4) is 0 Å². The van der Waals surface area contributed by atoms with E-state index in [2.05, 4.69) is 25.7 Å². The van der Waals surface area contributed by atoms with Crippen LogP contribution in [0.15, 0.2) is 48.0 Å². The average molecular weight is 463 g/mol. The third-order valence-electron chi connectivity index (χ3n) is 6.79. The molecule has 2 aliphatic rings. The van der Waals surface area contributed by atoms with Crippen molar-refractivity contribution in [3.8, 4) is 5.75 Å². The lowest BCUT2D eigenvalue weighted by molar-refractivity contribution is -0.139. The maximum absolute atomic E-state index is 13.2. The molecule has 1 fully saturated rings. The largest absolute Gasteiger partial charge is 0.507 e. The number of benzene rings is 2. The van der Waals surface area contributed by atoms with E-state index < -0.39 is 17.7 Å². The third-order valence-corrected chi connectivity index (χ3v) is 6.79. The van der Waals surface area contributed by atoms with Crippen LogP contribution < -0.4 is 9.64 Å². The maximum atomic E-state index is 13.2. The summed E-state index contributed by atoms with van der Waals surface area (Å²) < 4.78 is 5.72. The van der Waals surface area contributed by atoms with Crippen LogP contribution in [0.25, 0.3) is 5.76 Å². The number of fused-ring (bicyclic) bond motifs is 1. The van der Waals surface area contributed by atoms with Crippen molar-refractivity contribution in [1.29, 1.82) is 0 Å². The molecule has 2 heterocycles. The standard InChI is InChI=1S/C28H34N2O4/c1-5-6-7-14-30-25(20-10-8-19(9-11-20)18(2)3)24(27(32)28(30)33)26(31)21-12-13-23-22(17-21)29(4)15-16-34-23/h8-13,17-18,25,31H,5-7,14-16H2,1-4H3/b26-24-. The molecule has 34 heavy (non-hydrogen) atoms. The number of aliphatic hydroxyl groups is 1. The Hall–Kier alpha value is -3.28. The first kappa shape index (κ1) is 23.9. The Bertz CT molecular complexity index is 1100. The molecule has 0 aromatic heterocycles. The maximum Gasteiger partial charge on any atom is 0.295 e. The van der Waals surface area contributed by atoms with Gasteiger partial charge in [0.2, 0.25) is 0 Å². The highest BCUT2D eigenvalue weighted by molar-refractivity contribution is 6.46. The van der Waals surface area contributed by atoms with Gasteiger partial charge in [-0.3, -0.25) is 9.59 Å². The number of hydrogen-bond donors (Lipinski definition) is 1. The Balaban J connectivity index is 1.80. The summed E-state index contributed by atoms with van der Waals surface area (Å²) in [7, 11) is 1.97. The second-order valence-corrected chi connectivity index (χ2v) is 9.47. The predicted molar refractivity (Wildman–Crippen MR) is 134 cm³/mol. The molecule has 6 nitrogen and oxygen atoms in total. The van der Waals surface area contributed by atoms with Crippen LogP contribution in [0.4, 0.5) is 5.69 Å². The fourth-order valence-corrected chi connectivity index (χ4v) is 4.71. The van der Waals surface area contributed by atoms with Crippen molar-refractivity contribution in [3.05, 3.63) is 64.7 Å². The lowest BCUT2D eigenvalue weighted by atomic mass is 9.93. The molecule has 1 unspecified atom stereocenters. The molecule has 0 saturated carbocycles. The minimum atomic E-state index is -0.630. The topological polar surface area (TPSA) is 70.1 Å². The van der Waals surface area contributed by atoms with Crippen molar-refractivity contribution in [2.75, 3.05) is 31.6 Å². The number of carbonyl (C=O) groups excluding carboxylic acids is 2. The molecule has 0 aliphatic carbocycles. The van der Waals surface area contributed by atoms with Crippen molar-refractivity contribution in [2.45, 2.75) is 52.0 Å². The molecule has 1 saturated heterocycles. The molecule has 6 heteroatoms. The summed E-state index contributed by atoms with van der Waals surface area (Å²) in [5, 5.41) is 11.4. The van der Waals surface area contributed by atoms with E-state index in [-0.39, 0.29) is 11.3 Å². The smallest absolute Gasteiger partial charge is 0.295 e. The zero-order valence-corrected chi connectivity index (χ0v) is 20.5. The number of anilines is 1. The molecule has 0 radical (unpaired) electrons. The molecule has 1 atom stereocenters. The minimum Gasteiger partial charge on any atom is -0.507 e. The highest BCUT2D eigenvalue weighted by Gasteiger charge is 2.45. The van der Waals surface area contributed by atoms with Gasteiger partial charge in [0.1, 0.15) is 18.1 Å². The first-order valence-corrected chi connectivity index (χ1v) is 12.2. The van der Waals surface area contributed by atoms with E-state index in [0.29, 0.717) is 24.6 Å². The van der Waals surface area contributed by atoms with Crippen LogP contribution in [-0.4, -0.2) is 48.4 Å². The fourth-order valence-electron chi connectivity index (χ4n) is 4.71. The van der Waals surface area contributed by atoms with Crippen LogP contribution in [0.5, 0.6) is 5.75 Å². The van der Waals surface area contributed by atoms with Gasteiger partial charge < -0.3 is 19.6 Å². The van der Waals surface area contributed by atoms with Crippen LogP contribution in [0.1, 0.15) is 68.7 Å². The van der Waals surface area contributed by atoms with Gasteiger partial charge in [0.25, 0.3) is 11.7 Å². The van der Waals surface area contributed by atoms with Gasteiger partial charge in [-0.05, 0) is 41.7 Å². The van der Waals surface area contributed by atoms with Crippen molar-refractivity contribution in [2.24, 2.45) is 0 Å². The normalized spacial score (nSPS) is 19.5. The lowest BCUT2D eigenvalue weighted by Crippen LogP contribution is -2.30. The minimum absolute atomic E-state index is 0.143. The zero-order chi connectivity index (χ0) is 24.4. The number of ketones is 1. The number of hydrogen-bond acceptors (Lipinski definition) is 5. The highest BCUT2D eigenvalue weighted by atomic mass is 16.5. The third kappa shape index (κ3) is 4.41. The molecule has 4 rings (SSSR count). The molecular formula is C28H34N2O4. The average Bonchev–Trinajstić information content (AvgIpc) is 3.09. The van der Waals surface area contributed by atoms with Crippen molar-refractivity contribution in [1.82, 2.24) is 4.90 Å². The Morgan fingerprint density at radius 2 is 1.85 bits per heavy atom. The summed E-state index contributed by atoms with van der Waals surface area (Å²) in [6, 6.07) is 12.8. The molecular weight excluding hydrogens is 428 g/mol. The Kier molecular flexibility index (Phi) is 6.96. The van der Waals surface area contributed by atoms with Crippen molar-refractivity contribution < 1.29 is 19.4 Å². The van der Waals surface area contributed by atoms with Crippen LogP contribution >= 0.6 is 0 Å². The molecule has 1 amide bonds. The highest BCUT2D eigenvalue weighted by Crippen LogP contribution is 2.41. The van der Waals surface area contributed by atoms with Gasteiger partial charge in [-0.15, -0.1) is 0 Å². The van der Waals surface area contributed by atoms with E-state index in [1.807, 2.05) is 43.4 Å². The summed E-state index contributed by atoms with van der Waals surface area (Å²) in [6.45, 7) is 8.18. The monoisotopic (exact) mass is 462 g/mol. The van der Waals surface area contributed by atoms with Gasteiger partial charge in [-0.1, -0.05) is 57.9 Å². The van der Waals surface area contributed by atoms with Gasteiger partial charge in [0.05, 0.1) is 23.8 Å². The number of nitrogens with zero attached hydrogens (tertiary/aromatic N) is 2. The predicted octanol–water partition coefficient (Wildman–Crippen LogP) is 5.25. The number of unbranched alkanes of at least 4 members (excludes halogenated alkanes) is 2. The first-order chi connectivity index (χ1) is 16.3. The van der Waals surface area contributed by atoms with Crippen LogP contribution in [0, 0.1) is 0 Å². The number of Topliss-reactive ketones (excluding diaryl/α,β-unsaturated/α-hetero) is 1. The van der Waals surface area contributed by atoms with Gasteiger partial charge in [0.15, 0.2) is 0 Å². The van der Waals surface area contributed by atoms with E-state index in [9.17, 15) is 14.7 Å². The van der Waals surface area contributed by atoms with Gasteiger partial charge in [-0.2, -0.15) is 0 Å². The second-order valence-electron chi connectivity index (χ2n) is 9.47. The number of aliphatic hydroxyl groups excluding tert-OH is 1. The van der Waals surface area contributed by atoms with Crippen LogP contribution in [0.2, 0.25) is 0 Å². The fraction of sp³-hybridized carbons (Fsp3) is 0.429. The van der Waals surface area contributed by atoms with Gasteiger partial charge in [0, 0.05) is 19.2 Å². The lowest BCUT2D eigenvalue weighted by Gasteiger charge is -2.28. The Morgan fingerprint density at radius 3 is 2.53 bits per heavy atom. The van der Waals surface area contributed by atoms with Gasteiger partial charge in [-0.25, -0.2) is 0 Å². The summed E-state index contributed by atoms with van der Waals surface area (Å²) in [5.74, 6) is -0.204. The SMILES string of the molecule is CCCCCN1C(=O)C(=O)/C(=C(\O)c2ccc3c(c2)N(C)CCO3)C1c1ccc(C(C)C)cc1. The molecule has 2 aromatic rings. The van der Waals surface area contributed by atoms with E-state index in [0.717, 1.165) is 42.8 Å². The molecule has 2 aliphatic heterocycles. The van der Waals surface area contributed by atoms with Crippen LogP contribution in [-0.2, 0) is 9.59 Å². The van der Waals surface area contributed by atoms with E-state index >= 15 is 0 Å². The summed E-state index contributed by atoms with van der Waals surface area (Å²) in [6.07, 6.45) is 2.80. The number of ether oxygens (including phenoxy) is 1. The molecule has 180 valence electrons. The number of likely N-dealkylation sites (tertiary alicyclic amines) is 1. The first-order valence-electron chi connectivity index (χ1n) is 12.2. The quantitative estimate of drug-likeness (QED) is 0.263. The number of carbonyl (C=O) groups is 2. The molecule has 2 aromatic carbocycles.